The summed E-state index contributed by atoms with van der Waals surface area (Å²) in [6, 6.07) is 26.3. The lowest BCUT2D eigenvalue weighted by Gasteiger charge is -2.13. The van der Waals surface area contributed by atoms with Gasteiger partial charge in [-0.25, -0.2) is 0 Å². The average Bonchev–Trinajstić information content (AvgIpc) is 3.01. The van der Waals surface area contributed by atoms with Gasteiger partial charge in [0, 0.05) is 0 Å². The fourth-order valence-corrected chi connectivity index (χ4v) is 4.78. The maximum atomic E-state index is 13.1. The second-order valence-corrected chi connectivity index (χ2v) is 8.48. The third-order valence-corrected chi connectivity index (χ3v) is 6.29. The summed E-state index contributed by atoms with van der Waals surface area (Å²) in [7, 11) is 0. The van der Waals surface area contributed by atoms with E-state index in [0.717, 1.165) is 50.0 Å². The van der Waals surface area contributed by atoms with Crippen molar-refractivity contribution in [3.8, 4) is 0 Å². The van der Waals surface area contributed by atoms with Crippen LogP contribution in [0.4, 0.5) is 4.79 Å². The monoisotopic (exact) mass is 409 g/mol. The van der Waals surface area contributed by atoms with Gasteiger partial charge < -0.3 is 0 Å². The molecule has 0 aromatic heterocycles. The van der Waals surface area contributed by atoms with Crippen LogP contribution in [0.25, 0.3) is 27.6 Å². The number of benzene rings is 4. The molecule has 1 heterocycles. The van der Waals surface area contributed by atoms with Crippen LogP contribution in [0.3, 0.4) is 0 Å². The van der Waals surface area contributed by atoms with Gasteiger partial charge in [0.15, 0.2) is 0 Å². The van der Waals surface area contributed by atoms with Gasteiger partial charge in [-0.2, -0.15) is 0 Å². The first-order valence-electron chi connectivity index (χ1n) is 9.81. The summed E-state index contributed by atoms with van der Waals surface area (Å²) in [4.78, 5) is 27.5. The Morgan fingerprint density at radius 3 is 2.17 bits per heavy atom. The van der Waals surface area contributed by atoms with Gasteiger partial charge in [-0.15, -0.1) is 0 Å². The lowest BCUT2D eigenvalue weighted by Crippen LogP contribution is -2.27. The summed E-state index contributed by atoms with van der Waals surface area (Å²) in [5.74, 6) is -0.233. The molecular weight excluding hydrogens is 390 g/mol. The minimum Gasteiger partial charge on any atom is -0.268 e. The molecule has 0 spiro atoms. The lowest BCUT2D eigenvalue weighted by molar-refractivity contribution is -0.123. The standard InChI is InChI=1S/C26H19NO2S/c1-17-7-6-8-18(13-17)16-27-25(28)24(30-26(27)29)15-23-21-11-4-2-9-19(21)14-20-10-3-5-12-22(20)23/h2-15H,16H2,1H3/b24-15+. The van der Waals surface area contributed by atoms with E-state index in [1.807, 2.05) is 61.5 Å². The molecule has 0 aliphatic carbocycles. The van der Waals surface area contributed by atoms with Crippen LogP contribution in [0.15, 0.2) is 83.8 Å². The maximum Gasteiger partial charge on any atom is 0.293 e. The normalized spacial score (nSPS) is 15.6. The molecule has 1 aliphatic heterocycles. The number of imide groups is 1. The van der Waals surface area contributed by atoms with Crippen molar-refractivity contribution in [2.75, 3.05) is 0 Å². The minimum absolute atomic E-state index is 0.225. The van der Waals surface area contributed by atoms with E-state index in [1.165, 1.54) is 4.90 Å². The van der Waals surface area contributed by atoms with E-state index in [-0.39, 0.29) is 11.1 Å². The molecule has 1 saturated heterocycles. The van der Waals surface area contributed by atoms with E-state index in [2.05, 4.69) is 30.3 Å². The Morgan fingerprint density at radius 2 is 1.50 bits per heavy atom. The van der Waals surface area contributed by atoms with Crippen LogP contribution in [0, 0.1) is 6.92 Å². The Labute approximate surface area is 179 Å². The minimum atomic E-state index is -0.233. The number of nitrogens with zero attached hydrogens (tertiary/aromatic N) is 1. The Kier molecular flexibility index (Phi) is 4.64. The number of carbonyl (C=O) groups is 2. The maximum absolute atomic E-state index is 13.1. The van der Waals surface area contributed by atoms with Crippen LogP contribution in [0.5, 0.6) is 0 Å². The van der Waals surface area contributed by atoms with E-state index in [0.29, 0.717) is 11.4 Å². The fraction of sp³-hybridized carbons (Fsp3) is 0.0769. The zero-order valence-corrected chi connectivity index (χ0v) is 17.3. The van der Waals surface area contributed by atoms with Gasteiger partial charge >= 0.3 is 0 Å². The lowest BCUT2D eigenvalue weighted by atomic mass is 9.96. The third kappa shape index (κ3) is 3.29. The molecule has 0 bridgehead atoms. The largest absolute Gasteiger partial charge is 0.293 e. The highest BCUT2D eigenvalue weighted by molar-refractivity contribution is 8.18. The van der Waals surface area contributed by atoms with Crippen LogP contribution >= 0.6 is 11.8 Å². The molecule has 30 heavy (non-hydrogen) atoms. The Balaban J connectivity index is 1.59. The Hall–Kier alpha value is -3.37. The zero-order valence-electron chi connectivity index (χ0n) is 16.5. The first kappa shape index (κ1) is 18.6. The van der Waals surface area contributed by atoms with Crippen molar-refractivity contribution in [3.63, 3.8) is 0 Å². The van der Waals surface area contributed by atoms with Crippen LogP contribution in [0.2, 0.25) is 0 Å². The highest BCUT2D eigenvalue weighted by atomic mass is 32.2. The topological polar surface area (TPSA) is 37.4 Å². The van der Waals surface area contributed by atoms with E-state index in [9.17, 15) is 9.59 Å². The summed E-state index contributed by atoms with van der Waals surface area (Å²) < 4.78 is 0. The van der Waals surface area contributed by atoms with Crippen molar-refractivity contribution < 1.29 is 9.59 Å². The molecule has 0 N–H and O–H groups in total. The summed E-state index contributed by atoms with van der Waals surface area (Å²) in [6.07, 6.45) is 1.88. The highest BCUT2D eigenvalue weighted by Crippen LogP contribution is 2.37. The molecule has 0 saturated carbocycles. The third-order valence-electron chi connectivity index (χ3n) is 5.39. The molecular formula is C26H19NO2S. The molecule has 0 atom stereocenters. The number of amides is 2. The number of hydrogen-bond acceptors (Lipinski definition) is 3. The van der Waals surface area contributed by atoms with Crippen molar-refractivity contribution in [1.82, 2.24) is 4.90 Å². The summed E-state index contributed by atoms with van der Waals surface area (Å²) in [5.41, 5.74) is 3.04. The second-order valence-electron chi connectivity index (χ2n) is 7.49. The fourth-order valence-electron chi connectivity index (χ4n) is 3.96. The van der Waals surface area contributed by atoms with Crippen molar-refractivity contribution in [1.29, 1.82) is 0 Å². The van der Waals surface area contributed by atoms with Crippen molar-refractivity contribution in [2.24, 2.45) is 0 Å². The van der Waals surface area contributed by atoms with Gasteiger partial charge in [-0.05, 0) is 63.5 Å². The van der Waals surface area contributed by atoms with E-state index in [1.54, 1.807) is 0 Å². The number of thioether (sulfide) groups is 1. The van der Waals surface area contributed by atoms with Crippen molar-refractivity contribution in [2.45, 2.75) is 13.5 Å². The molecule has 0 unspecified atom stereocenters. The van der Waals surface area contributed by atoms with Gasteiger partial charge in [0.1, 0.15) is 0 Å². The highest BCUT2D eigenvalue weighted by Gasteiger charge is 2.35. The molecule has 2 amide bonds. The van der Waals surface area contributed by atoms with Crippen LogP contribution in [-0.4, -0.2) is 16.0 Å². The van der Waals surface area contributed by atoms with Crippen LogP contribution < -0.4 is 0 Å². The van der Waals surface area contributed by atoms with Crippen LogP contribution in [-0.2, 0) is 11.3 Å². The van der Waals surface area contributed by atoms with Crippen LogP contribution in [0.1, 0.15) is 16.7 Å². The molecule has 5 rings (SSSR count). The Bertz CT molecular complexity index is 1300. The molecule has 4 heteroatoms. The second kappa shape index (κ2) is 7.47. The molecule has 146 valence electrons. The van der Waals surface area contributed by atoms with Crippen molar-refractivity contribution in [3.05, 3.63) is 100 Å². The molecule has 1 aliphatic rings. The van der Waals surface area contributed by atoms with Crippen molar-refractivity contribution >= 4 is 50.5 Å². The first-order chi connectivity index (χ1) is 14.6. The molecule has 0 radical (unpaired) electrons. The van der Waals surface area contributed by atoms with Gasteiger partial charge in [0.05, 0.1) is 11.4 Å². The Morgan fingerprint density at radius 1 is 0.833 bits per heavy atom. The molecule has 4 aromatic rings. The summed E-state index contributed by atoms with van der Waals surface area (Å²) in [5, 5.41) is 4.14. The van der Waals surface area contributed by atoms with Gasteiger partial charge in [0.2, 0.25) is 0 Å². The first-order valence-corrected chi connectivity index (χ1v) is 10.6. The number of carbonyl (C=O) groups excluding carboxylic acids is 2. The summed E-state index contributed by atoms with van der Waals surface area (Å²) in [6.45, 7) is 2.29. The van der Waals surface area contributed by atoms with E-state index < -0.39 is 0 Å². The van der Waals surface area contributed by atoms with E-state index in [4.69, 9.17) is 0 Å². The SMILES string of the molecule is Cc1cccc(CN2C(=O)S/C(=C/c3c4ccccc4cc4ccccc34)C2=O)c1. The zero-order chi connectivity index (χ0) is 20.7. The molecule has 4 aromatic carbocycles. The van der Waals surface area contributed by atoms with Gasteiger partial charge in [-0.1, -0.05) is 78.4 Å². The smallest absolute Gasteiger partial charge is 0.268 e. The molecule has 3 nitrogen and oxygen atoms in total. The van der Waals surface area contributed by atoms with Gasteiger partial charge in [0.25, 0.3) is 11.1 Å². The summed E-state index contributed by atoms with van der Waals surface area (Å²) >= 11 is 1.02. The number of fused-ring (bicyclic) bond motifs is 2. The van der Waals surface area contributed by atoms with Gasteiger partial charge in [-0.3, -0.25) is 14.5 Å². The quantitative estimate of drug-likeness (QED) is 0.285. The predicted molar refractivity (Wildman–Crippen MR) is 124 cm³/mol. The average molecular weight is 410 g/mol. The van der Waals surface area contributed by atoms with E-state index >= 15 is 0 Å². The molecule has 1 fully saturated rings. The number of rotatable bonds is 3. The number of aryl methyl sites for hydroxylation is 1. The number of hydrogen-bond donors (Lipinski definition) is 0. The predicted octanol–water partition coefficient (Wildman–Crippen LogP) is 6.54.